The average Bonchev–Trinajstić information content (AvgIpc) is 2.60. The van der Waals surface area contributed by atoms with E-state index in [0.29, 0.717) is 11.8 Å². The van der Waals surface area contributed by atoms with Crippen LogP contribution >= 0.6 is 11.6 Å². The van der Waals surface area contributed by atoms with Gasteiger partial charge in [-0.2, -0.15) is 0 Å². The van der Waals surface area contributed by atoms with Gasteiger partial charge in [0.25, 0.3) is 0 Å². The summed E-state index contributed by atoms with van der Waals surface area (Å²) in [6.45, 7) is 3.22. The highest BCUT2D eigenvalue weighted by atomic mass is 35.5. The lowest BCUT2D eigenvalue weighted by molar-refractivity contribution is 0.381. The molecule has 0 N–H and O–H groups in total. The van der Waals surface area contributed by atoms with Crippen LogP contribution in [0.25, 0.3) is 0 Å². The van der Waals surface area contributed by atoms with Crippen LogP contribution in [-0.2, 0) is 12.4 Å². The topological polar surface area (TPSA) is 30.7 Å². The van der Waals surface area contributed by atoms with Crippen molar-refractivity contribution in [1.29, 1.82) is 0 Å². The fraction of sp³-hybridized carbons (Fsp3) is 0.833. The van der Waals surface area contributed by atoms with Crippen LogP contribution in [0.3, 0.4) is 0 Å². The van der Waals surface area contributed by atoms with Gasteiger partial charge in [0.1, 0.15) is 5.69 Å². The third kappa shape index (κ3) is 2.40. The lowest BCUT2D eigenvalue weighted by Gasteiger charge is -2.26. The first-order chi connectivity index (χ1) is 7.86. The Balaban J connectivity index is 2.07. The van der Waals surface area contributed by atoms with Gasteiger partial charge in [0, 0.05) is 12.5 Å². The van der Waals surface area contributed by atoms with Gasteiger partial charge in [-0.1, -0.05) is 31.4 Å². The number of alkyl halides is 1. The van der Waals surface area contributed by atoms with Crippen molar-refractivity contribution in [3.8, 4) is 0 Å². The quantitative estimate of drug-likeness (QED) is 0.564. The van der Waals surface area contributed by atoms with Gasteiger partial charge in [-0.25, -0.2) is 4.68 Å². The molecule has 1 aliphatic carbocycles. The van der Waals surface area contributed by atoms with Crippen LogP contribution in [0, 0.1) is 0 Å². The maximum absolute atomic E-state index is 5.92. The van der Waals surface area contributed by atoms with E-state index in [0.717, 1.165) is 12.2 Å². The first-order valence-corrected chi connectivity index (χ1v) is 6.88. The Morgan fingerprint density at radius 1 is 1.38 bits per heavy atom. The second kappa shape index (κ2) is 5.67. The fourth-order valence-corrected chi connectivity index (χ4v) is 2.45. The Bertz CT molecular complexity index is 331. The van der Waals surface area contributed by atoms with Gasteiger partial charge in [-0.15, -0.1) is 16.7 Å². The number of aryl methyl sites for hydroxylation is 1. The summed E-state index contributed by atoms with van der Waals surface area (Å²) in [4.78, 5) is 0. The predicted molar refractivity (Wildman–Crippen MR) is 65.7 cm³/mol. The minimum atomic E-state index is 0.500. The van der Waals surface area contributed by atoms with Gasteiger partial charge in [-0.3, -0.25) is 0 Å². The van der Waals surface area contributed by atoms with E-state index >= 15 is 0 Å². The third-order valence-electron chi connectivity index (χ3n) is 3.44. The largest absolute Gasteiger partial charge is 0.249 e. The number of unbranched alkanes of at least 4 members (excludes halogenated alkanes) is 2. The van der Waals surface area contributed by atoms with Crippen molar-refractivity contribution in [3.63, 3.8) is 0 Å². The molecule has 90 valence electrons. The number of aromatic nitrogens is 3. The monoisotopic (exact) mass is 241 g/mol. The highest BCUT2D eigenvalue weighted by Gasteiger charge is 2.26. The first-order valence-electron chi connectivity index (χ1n) is 6.35. The summed E-state index contributed by atoms with van der Waals surface area (Å²) in [5.74, 6) is 1.17. The van der Waals surface area contributed by atoms with Crippen LogP contribution < -0.4 is 0 Å². The second-order valence-corrected chi connectivity index (χ2v) is 4.88. The Hall–Kier alpha value is -0.570. The molecule has 1 aromatic heterocycles. The van der Waals surface area contributed by atoms with Crippen molar-refractivity contribution >= 4 is 11.6 Å². The van der Waals surface area contributed by atoms with Crippen LogP contribution in [-0.4, -0.2) is 15.0 Å². The van der Waals surface area contributed by atoms with Crippen LogP contribution in [0.1, 0.15) is 62.8 Å². The summed E-state index contributed by atoms with van der Waals surface area (Å²) in [5, 5.41) is 8.44. The summed E-state index contributed by atoms with van der Waals surface area (Å²) >= 11 is 5.92. The zero-order valence-electron chi connectivity index (χ0n) is 9.95. The Labute approximate surface area is 102 Å². The van der Waals surface area contributed by atoms with Gasteiger partial charge in [0.15, 0.2) is 0 Å². The van der Waals surface area contributed by atoms with E-state index in [1.54, 1.807) is 0 Å². The molecule has 0 radical (unpaired) electrons. The maximum atomic E-state index is 5.92. The van der Waals surface area contributed by atoms with Crippen molar-refractivity contribution < 1.29 is 0 Å². The molecule has 1 aromatic rings. The van der Waals surface area contributed by atoms with Gasteiger partial charge in [-0.05, 0) is 19.3 Å². The van der Waals surface area contributed by atoms with Crippen molar-refractivity contribution in [3.05, 3.63) is 11.4 Å². The fourth-order valence-electron chi connectivity index (χ4n) is 2.26. The summed E-state index contributed by atoms with van der Waals surface area (Å²) in [6, 6.07) is 0. The Kier molecular flexibility index (Phi) is 4.22. The lowest BCUT2D eigenvalue weighted by Crippen LogP contribution is -2.16. The zero-order chi connectivity index (χ0) is 11.4. The predicted octanol–water partition coefficient (Wildman–Crippen LogP) is 3.47. The first kappa shape index (κ1) is 11.9. The number of hydrogen-bond acceptors (Lipinski definition) is 2. The zero-order valence-corrected chi connectivity index (χ0v) is 10.7. The maximum Gasteiger partial charge on any atom is 0.101 e. The SMILES string of the molecule is CCCCCn1nnc(CCl)c1C1CCC1. The van der Waals surface area contributed by atoms with Crippen molar-refractivity contribution in [2.75, 3.05) is 0 Å². The van der Waals surface area contributed by atoms with Crippen molar-refractivity contribution in [2.24, 2.45) is 0 Å². The third-order valence-corrected chi connectivity index (χ3v) is 3.69. The molecule has 0 spiro atoms. The highest BCUT2D eigenvalue weighted by Crippen LogP contribution is 2.37. The van der Waals surface area contributed by atoms with E-state index in [4.69, 9.17) is 11.6 Å². The normalized spacial score (nSPS) is 16.4. The lowest BCUT2D eigenvalue weighted by atomic mass is 9.82. The molecule has 1 heterocycles. The molecule has 16 heavy (non-hydrogen) atoms. The molecule has 1 fully saturated rings. The molecule has 1 aliphatic rings. The van der Waals surface area contributed by atoms with E-state index in [9.17, 15) is 0 Å². The van der Waals surface area contributed by atoms with E-state index in [1.165, 1.54) is 44.2 Å². The molecule has 3 nitrogen and oxygen atoms in total. The molecule has 4 heteroatoms. The van der Waals surface area contributed by atoms with Gasteiger partial charge >= 0.3 is 0 Å². The molecule has 2 rings (SSSR count). The second-order valence-electron chi connectivity index (χ2n) is 4.61. The average molecular weight is 242 g/mol. The molecule has 0 atom stereocenters. The summed E-state index contributed by atoms with van der Waals surface area (Å²) in [7, 11) is 0. The van der Waals surface area contributed by atoms with Gasteiger partial charge in [0.05, 0.1) is 11.6 Å². The van der Waals surface area contributed by atoms with Crippen molar-refractivity contribution in [2.45, 2.75) is 63.8 Å². The van der Waals surface area contributed by atoms with Gasteiger partial charge < -0.3 is 0 Å². The molecule has 0 amide bonds. The van der Waals surface area contributed by atoms with E-state index in [2.05, 4.69) is 21.9 Å². The molecule has 0 unspecified atom stereocenters. The number of hydrogen-bond donors (Lipinski definition) is 0. The number of nitrogens with zero attached hydrogens (tertiary/aromatic N) is 3. The van der Waals surface area contributed by atoms with Crippen molar-refractivity contribution in [1.82, 2.24) is 15.0 Å². The Morgan fingerprint density at radius 3 is 2.75 bits per heavy atom. The molecule has 1 saturated carbocycles. The minimum Gasteiger partial charge on any atom is -0.249 e. The molecule has 0 aliphatic heterocycles. The van der Waals surface area contributed by atoms with Crippen LogP contribution in [0.2, 0.25) is 0 Å². The van der Waals surface area contributed by atoms with Crippen LogP contribution in [0.5, 0.6) is 0 Å². The standard InChI is InChI=1S/C12H20ClN3/c1-2-3-4-8-16-12(10-6-5-7-10)11(9-13)14-15-16/h10H,2-9H2,1H3. The minimum absolute atomic E-state index is 0.500. The summed E-state index contributed by atoms with van der Waals surface area (Å²) < 4.78 is 2.09. The molecular weight excluding hydrogens is 222 g/mol. The van der Waals surface area contributed by atoms with Crippen LogP contribution in [0.15, 0.2) is 0 Å². The van der Waals surface area contributed by atoms with E-state index < -0.39 is 0 Å². The summed E-state index contributed by atoms with van der Waals surface area (Å²) in [5.41, 5.74) is 2.32. The molecule has 0 saturated heterocycles. The number of rotatable bonds is 6. The van der Waals surface area contributed by atoms with Crippen LogP contribution in [0.4, 0.5) is 0 Å². The smallest absolute Gasteiger partial charge is 0.101 e. The van der Waals surface area contributed by atoms with Gasteiger partial charge in [0.2, 0.25) is 0 Å². The summed E-state index contributed by atoms with van der Waals surface area (Å²) in [6.07, 6.45) is 7.61. The van der Waals surface area contributed by atoms with E-state index in [-0.39, 0.29) is 0 Å². The number of halogens is 1. The Morgan fingerprint density at radius 2 is 2.19 bits per heavy atom. The molecule has 0 bridgehead atoms. The highest BCUT2D eigenvalue weighted by molar-refractivity contribution is 6.16. The molecule has 0 aromatic carbocycles. The van der Waals surface area contributed by atoms with E-state index in [1.807, 2.05) is 0 Å². The molecular formula is C12H20ClN3.